The van der Waals surface area contributed by atoms with E-state index >= 15 is 0 Å². The molecule has 0 aliphatic carbocycles. The van der Waals surface area contributed by atoms with E-state index in [2.05, 4.69) is 4.98 Å². The highest BCUT2D eigenvalue weighted by Crippen LogP contribution is 2.29. The Balaban J connectivity index is 2.53. The Morgan fingerprint density at radius 2 is 2.10 bits per heavy atom. The molecule has 1 aromatic carbocycles. The molecule has 21 heavy (non-hydrogen) atoms. The number of pyridine rings is 1. The zero-order valence-electron chi connectivity index (χ0n) is 12.0. The van der Waals surface area contributed by atoms with Crippen molar-refractivity contribution < 1.29 is 18.7 Å². The van der Waals surface area contributed by atoms with Gasteiger partial charge < -0.3 is 10.0 Å². The summed E-state index contributed by atoms with van der Waals surface area (Å²) in [5.41, 5.74) is 1.13. The number of carbonyl (C=O) groups is 1. The number of hydrogen-bond donors (Lipinski definition) is 1. The molecule has 0 spiro atoms. The third kappa shape index (κ3) is 2.94. The second kappa shape index (κ2) is 5.63. The summed E-state index contributed by atoms with van der Waals surface area (Å²) in [6.45, 7) is 3.53. The normalized spacial score (nSPS) is 12.4. The van der Waals surface area contributed by atoms with Gasteiger partial charge in [-0.2, -0.15) is 0 Å². The maximum Gasteiger partial charge on any atom is 0.308 e. The number of aromatic nitrogens is 1. The number of nitrogens with zero attached hydrogens (tertiary/aromatic N) is 2. The first kappa shape index (κ1) is 15.2. The maximum absolute atomic E-state index is 13.9. The van der Waals surface area contributed by atoms with Gasteiger partial charge in [0.15, 0.2) is 11.6 Å². The standard InChI is InChI=1S/C15H16F2N2O2/c1-8(15(20)21)7-19(3)12-6-9(2)18-14-10(12)4-5-11(16)13(14)17/h4-6,8H,7H2,1-3H3,(H,20,21). The van der Waals surface area contributed by atoms with E-state index in [1.807, 2.05) is 0 Å². The first-order valence-electron chi connectivity index (χ1n) is 6.50. The monoisotopic (exact) mass is 294 g/mol. The summed E-state index contributed by atoms with van der Waals surface area (Å²) in [6, 6.07) is 4.23. The molecule has 112 valence electrons. The molecule has 0 radical (unpaired) electrons. The van der Waals surface area contributed by atoms with Crippen LogP contribution in [0.3, 0.4) is 0 Å². The van der Waals surface area contributed by atoms with Crippen LogP contribution in [0.2, 0.25) is 0 Å². The van der Waals surface area contributed by atoms with Gasteiger partial charge in [-0.1, -0.05) is 6.92 Å². The van der Waals surface area contributed by atoms with E-state index in [1.165, 1.54) is 6.07 Å². The third-order valence-corrected chi connectivity index (χ3v) is 3.36. The van der Waals surface area contributed by atoms with Crippen molar-refractivity contribution in [2.24, 2.45) is 5.92 Å². The molecule has 1 heterocycles. The molecule has 1 unspecified atom stereocenters. The molecule has 1 atom stereocenters. The van der Waals surface area contributed by atoms with Crippen LogP contribution in [-0.4, -0.2) is 29.7 Å². The lowest BCUT2D eigenvalue weighted by atomic mass is 10.1. The Kier molecular flexibility index (Phi) is 4.06. The summed E-state index contributed by atoms with van der Waals surface area (Å²) < 4.78 is 27.2. The molecule has 0 saturated heterocycles. The Morgan fingerprint density at radius 1 is 1.43 bits per heavy atom. The van der Waals surface area contributed by atoms with Crippen molar-refractivity contribution in [2.45, 2.75) is 13.8 Å². The molecule has 0 aliphatic rings. The van der Waals surface area contributed by atoms with Crippen LogP contribution < -0.4 is 4.90 Å². The Bertz CT molecular complexity index is 704. The smallest absolute Gasteiger partial charge is 0.308 e. The van der Waals surface area contributed by atoms with Gasteiger partial charge in [-0.15, -0.1) is 0 Å². The molecule has 0 bridgehead atoms. The van der Waals surface area contributed by atoms with Gasteiger partial charge in [-0.25, -0.2) is 13.8 Å². The number of aryl methyl sites for hydroxylation is 1. The second-order valence-electron chi connectivity index (χ2n) is 5.16. The van der Waals surface area contributed by atoms with Gasteiger partial charge in [0.05, 0.1) is 5.92 Å². The highest BCUT2D eigenvalue weighted by atomic mass is 19.2. The fourth-order valence-corrected chi connectivity index (χ4v) is 2.24. The van der Waals surface area contributed by atoms with E-state index in [0.29, 0.717) is 16.8 Å². The highest BCUT2D eigenvalue weighted by Gasteiger charge is 2.18. The zero-order valence-corrected chi connectivity index (χ0v) is 12.0. The Labute approximate surface area is 121 Å². The van der Waals surface area contributed by atoms with Crippen molar-refractivity contribution in [3.8, 4) is 0 Å². The van der Waals surface area contributed by atoms with Gasteiger partial charge in [-0.3, -0.25) is 4.79 Å². The van der Waals surface area contributed by atoms with Crippen molar-refractivity contribution in [2.75, 3.05) is 18.5 Å². The number of carboxylic acids is 1. The van der Waals surface area contributed by atoms with Crippen LogP contribution in [0.4, 0.5) is 14.5 Å². The van der Waals surface area contributed by atoms with Crippen LogP contribution >= 0.6 is 0 Å². The van der Waals surface area contributed by atoms with Gasteiger partial charge >= 0.3 is 5.97 Å². The van der Waals surface area contributed by atoms with Gasteiger partial charge in [0, 0.05) is 30.4 Å². The molecule has 0 saturated carbocycles. The number of carboxylic acid groups (broad SMARTS) is 1. The SMILES string of the molecule is Cc1cc(N(C)CC(C)C(=O)O)c2ccc(F)c(F)c2n1. The van der Waals surface area contributed by atoms with Crippen LogP contribution in [0.5, 0.6) is 0 Å². The van der Waals surface area contributed by atoms with Crippen LogP contribution in [0.1, 0.15) is 12.6 Å². The van der Waals surface area contributed by atoms with Crippen molar-refractivity contribution in [3.63, 3.8) is 0 Å². The minimum atomic E-state index is -0.989. The van der Waals surface area contributed by atoms with E-state index < -0.39 is 23.5 Å². The van der Waals surface area contributed by atoms with E-state index in [-0.39, 0.29) is 12.1 Å². The van der Waals surface area contributed by atoms with Crippen LogP contribution in [-0.2, 0) is 4.79 Å². The predicted molar refractivity (Wildman–Crippen MR) is 76.5 cm³/mol. The van der Waals surface area contributed by atoms with Crippen molar-refractivity contribution in [1.29, 1.82) is 0 Å². The number of aliphatic carboxylic acids is 1. The van der Waals surface area contributed by atoms with E-state index in [0.717, 1.165) is 6.07 Å². The molecule has 0 fully saturated rings. The molecule has 0 amide bonds. The zero-order chi connectivity index (χ0) is 15.7. The summed E-state index contributed by atoms with van der Waals surface area (Å²) in [5, 5.41) is 9.44. The summed E-state index contributed by atoms with van der Waals surface area (Å²) in [7, 11) is 1.72. The average molecular weight is 294 g/mol. The summed E-state index contributed by atoms with van der Waals surface area (Å²) in [6.07, 6.45) is 0. The first-order valence-corrected chi connectivity index (χ1v) is 6.50. The molecule has 2 aromatic rings. The summed E-state index contributed by atoms with van der Waals surface area (Å²) in [5.74, 6) is -3.43. The summed E-state index contributed by atoms with van der Waals surface area (Å²) in [4.78, 5) is 16.7. The molecular weight excluding hydrogens is 278 g/mol. The average Bonchev–Trinajstić information content (AvgIpc) is 2.42. The van der Waals surface area contributed by atoms with E-state index in [4.69, 9.17) is 5.11 Å². The van der Waals surface area contributed by atoms with E-state index in [9.17, 15) is 13.6 Å². The molecule has 6 heteroatoms. The van der Waals surface area contributed by atoms with Gasteiger partial charge in [-0.05, 0) is 25.1 Å². The highest BCUT2D eigenvalue weighted by molar-refractivity contribution is 5.92. The second-order valence-corrected chi connectivity index (χ2v) is 5.16. The molecule has 0 aliphatic heterocycles. The maximum atomic E-state index is 13.9. The lowest BCUT2D eigenvalue weighted by Gasteiger charge is -2.23. The van der Waals surface area contributed by atoms with Crippen LogP contribution in [0.25, 0.3) is 10.9 Å². The number of hydrogen-bond acceptors (Lipinski definition) is 3. The fourth-order valence-electron chi connectivity index (χ4n) is 2.24. The fraction of sp³-hybridized carbons (Fsp3) is 0.333. The minimum Gasteiger partial charge on any atom is -0.481 e. The number of rotatable bonds is 4. The Hall–Kier alpha value is -2.24. The molecule has 1 N–H and O–H groups in total. The third-order valence-electron chi connectivity index (χ3n) is 3.36. The predicted octanol–water partition coefficient (Wildman–Crippen LogP) is 2.98. The number of fused-ring (bicyclic) bond motifs is 1. The van der Waals surface area contributed by atoms with Gasteiger partial charge in [0.1, 0.15) is 5.52 Å². The van der Waals surface area contributed by atoms with Gasteiger partial charge in [0.25, 0.3) is 0 Å². The quantitative estimate of drug-likeness (QED) is 0.942. The lowest BCUT2D eigenvalue weighted by molar-refractivity contribution is -0.140. The molecule has 1 aromatic heterocycles. The van der Waals surface area contributed by atoms with Crippen LogP contribution in [0.15, 0.2) is 18.2 Å². The molecule has 4 nitrogen and oxygen atoms in total. The van der Waals surface area contributed by atoms with Crippen molar-refractivity contribution in [1.82, 2.24) is 4.98 Å². The van der Waals surface area contributed by atoms with E-state index in [1.54, 1.807) is 31.9 Å². The summed E-state index contributed by atoms with van der Waals surface area (Å²) >= 11 is 0. The van der Waals surface area contributed by atoms with Gasteiger partial charge in [0.2, 0.25) is 0 Å². The largest absolute Gasteiger partial charge is 0.481 e. The first-order chi connectivity index (χ1) is 9.81. The Morgan fingerprint density at radius 3 is 2.71 bits per heavy atom. The number of anilines is 1. The lowest BCUT2D eigenvalue weighted by Crippen LogP contribution is -2.28. The van der Waals surface area contributed by atoms with Crippen molar-refractivity contribution >= 4 is 22.6 Å². The molecule has 2 rings (SSSR count). The van der Waals surface area contributed by atoms with Crippen LogP contribution in [0, 0.1) is 24.5 Å². The topological polar surface area (TPSA) is 53.4 Å². The molecular formula is C15H16F2N2O2. The number of benzene rings is 1. The number of halogens is 2. The minimum absolute atomic E-state index is 0.0418. The van der Waals surface area contributed by atoms with Crippen molar-refractivity contribution in [3.05, 3.63) is 35.5 Å².